The fourth-order valence-corrected chi connectivity index (χ4v) is 2.86. The van der Waals surface area contributed by atoms with Crippen molar-refractivity contribution in [3.05, 3.63) is 17.3 Å². The van der Waals surface area contributed by atoms with Gasteiger partial charge < -0.3 is 24.9 Å². The maximum Gasteiger partial charge on any atom is 0.164 e. The molecule has 0 aromatic carbocycles. The fourth-order valence-electron chi connectivity index (χ4n) is 2.66. The average Bonchev–Trinajstić information content (AvgIpc) is 2.94. The Balaban J connectivity index is 2.06. The first-order valence-corrected chi connectivity index (χ1v) is 6.41. The van der Waals surface area contributed by atoms with Gasteiger partial charge in [-0.1, -0.05) is 12.2 Å². The second kappa shape index (κ2) is 4.64. The van der Waals surface area contributed by atoms with Crippen molar-refractivity contribution >= 4 is 23.4 Å². The van der Waals surface area contributed by atoms with Gasteiger partial charge in [-0.2, -0.15) is 0 Å². The van der Waals surface area contributed by atoms with E-state index in [4.69, 9.17) is 12.2 Å². The highest BCUT2D eigenvalue weighted by Crippen LogP contribution is 2.36. The molecule has 1 aliphatic rings. The van der Waals surface area contributed by atoms with E-state index < -0.39 is 12.2 Å². The van der Waals surface area contributed by atoms with Crippen LogP contribution >= 0.6 is 12.2 Å². The number of aromatic nitrogens is 4. The van der Waals surface area contributed by atoms with Crippen LogP contribution in [0.1, 0.15) is 12.5 Å². The Kier molecular flexibility index (Phi) is 3.09. The predicted octanol–water partition coefficient (Wildman–Crippen LogP) is -0.236. The molecular weight excluding hydrogens is 268 g/mol. The molecule has 8 heteroatoms. The summed E-state index contributed by atoms with van der Waals surface area (Å²) in [6, 6.07) is -0.360. The van der Waals surface area contributed by atoms with Crippen molar-refractivity contribution in [2.45, 2.75) is 24.7 Å². The van der Waals surface area contributed by atoms with E-state index in [1.54, 1.807) is 10.9 Å². The van der Waals surface area contributed by atoms with Gasteiger partial charge in [0.1, 0.15) is 16.3 Å². The lowest BCUT2D eigenvalue weighted by Crippen LogP contribution is -2.30. The van der Waals surface area contributed by atoms with Gasteiger partial charge in [0.15, 0.2) is 5.65 Å². The van der Waals surface area contributed by atoms with Crippen molar-refractivity contribution in [2.75, 3.05) is 6.61 Å². The summed E-state index contributed by atoms with van der Waals surface area (Å²) in [7, 11) is 0. The van der Waals surface area contributed by atoms with Crippen LogP contribution in [0.25, 0.3) is 11.2 Å². The summed E-state index contributed by atoms with van der Waals surface area (Å²) in [6.07, 6.45) is 1.61. The number of fused-ring (bicyclic) bond motifs is 1. The first-order chi connectivity index (χ1) is 9.13. The van der Waals surface area contributed by atoms with Crippen LogP contribution in [0.3, 0.4) is 0 Å². The average molecular weight is 282 g/mol. The molecule has 0 saturated heterocycles. The molecule has 2 heterocycles. The van der Waals surface area contributed by atoms with Crippen molar-refractivity contribution in [3.63, 3.8) is 0 Å². The SMILES string of the molecule is OCC1CC(n2cnc3c(=S)[nH]cnc32)C(O)C1O. The van der Waals surface area contributed by atoms with Crippen molar-refractivity contribution in [3.8, 4) is 0 Å². The maximum atomic E-state index is 10.1. The molecule has 1 saturated carbocycles. The Morgan fingerprint density at radius 3 is 2.84 bits per heavy atom. The van der Waals surface area contributed by atoms with Crippen LogP contribution < -0.4 is 0 Å². The van der Waals surface area contributed by atoms with E-state index in [0.29, 0.717) is 22.2 Å². The zero-order chi connectivity index (χ0) is 13.6. The minimum Gasteiger partial charge on any atom is -0.396 e. The number of imidazole rings is 1. The highest BCUT2D eigenvalue weighted by molar-refractivity contribution is 7.71. The third-order valence-electron chi connectivity index (χ3n) is 3.73. The Morgan fingerprint density at radius 1 is 1.37 bits per heavy atom. The Labute approximate surface area is 113 Å². The van der Waals surface area contributed by atoms with Crippen LogP contribution in [0.5, 0.6) is 0 Å². The number of nitrogens with one attached hydrogen (secondary N) is 1. The fraction of sp³-hybridized carbons (Fsp3) is 0.545. The smallest absolute Gasteiger partial charge is 0.164 e. The summed E-state index contributed by atoms with van der Waals surface area (Å²) in [4.78, 5) is 11.2. The Hall–Kier alpha value is -1.35. The van der Waals surface area contributed by atoms with Crippen LogP contribution in [0.4, 0.5) is 0 Å². The van der Waals surface area contributed by atoms with E-state index in [1.165, 1.54) is 6.33 Å². The molecule has 3 rings (SSSR count). The van der Waals surface area contributed by atoms with Crippen molar-refractivity contribution in [2.24, 2.45) is 5.92 Å². The van der Waals surface area contributed by atoms with E-state index in [1.807, 2.05) is 0 Å². The topological polar surface area (TPSA) is 107 Å². The molecule has 102 valence electrons. The number of aliphatic hydroxyl groups excluding tert-OH is 3. The molecule has 0 amide bonds. The van der Waals surface area contributed by atoms with Gasteiger partial charge in [0.2, 0.25) is 0 Å². The summed E-state index contributed by atoms with van der Waals surface area (Å²) >= 11 is 5.12. The van der Waals surface area contributed by atoms with Crippen molar-refractivity contribution in [1.82, 2.24) is 19.5 Å². The lowest BCUT2D eigenvalue weighted by atomic mass is 10.1. The molecule has 0 aliphatic heterocycles. The van der Waals surface area contributed by atoms with Crippen molar-refractivity contribution < 1.29 is 15.3 Å². The van der Waals surface area contributed by atoms with Crippen LogP contribution in [-0.4, -0.2) is 53.7 Å². The molecule has 7 nitrogen and oxygen atoms in total. The van der Waals surface area contributed by atoms with E-state index in [9.17, 15) is 15.3 Å². The quantitative estimate of drug-likeness (QED) is 0.567. The largest absolute Gasteiger partial charge is 0.396 e. The van der Waals surface area contributed by atoms with Gasteiger partial charge in [0.05, 0.1) is 24.8 Å². The Bertz CT molecular complexity index is 655. The van der Waals surface area contributed by atoms with Crippen LogP contribution in [0.15, 0.2) is 12.7 Å². The molecule has 1 fully saturated rings. The van der Waals surface area contributed by atoms with E-state index in [-0.39, 0.29) is 18.6 Å². The first-order valence-electron chi connectivity index (χ1n) is 6.00. The summed E-state index contributed by atoms with van der Waals surface area (Å²) in [5.74, 6) is -0.337. The molecular formula is C11H14N4O3S. The van der Waals surface area contributed by atoms with E-state index in [0.717, 1.165) is 0 Å². The molecule has 2 aromatic heterocycles. The summed E-state index contributed by atoms with van der Waals surface area (Å²) in [5.41, 5.74) is 1.13. The standard InChI is InChI=1S/C11H14N4O3S/c16-2-5-1-6(9(18)8(5)17)15-4-14-7-10(15)12-3-13-11(7)19/h3-6,8-9,16-18H,1-2H2,(H,12,13,19). The molecule has 0 radical (unpaired) electrons. The van der Waals surface area contributed by atoms with Crippen LogP contribution in [0.2, 0.25) is 0 Å². The number of hydrogen-bond acceptors (Lipinski definition) is 6. The predicted molar refractivity (Wildman–Crippen MR) is 69.0 cm³/mol. The number of aromatic amines is 1. The van der Waals surface area contributed by atoms with Crippen molar-refractivity contribution in [1.29, 1.82) is 0 Å². The highest BCUT2D eigenvalue weighted by Gasteiger charge is 2.42. The summed E-state index contributed by atoms with van der Waals surface area (Å²) < 4.78 is 2.19. The zero-order valence-electron chi connectivity index (χ0n) is 9.97. The van der Waals surface area contributed by atoms with Gasteiger partial charge in [0, 0.05) is 12.5 Å². The van der Waals surface area contributed by atoms with Gasteiger partial charge in [-0.15, -0.1) is 0 Å². The molecule has 0 bridgehead atoms. The molecule has 1 aliphatic carbocycles. The molecule has 2 aromatic rings. The Morgan fingerprint density at radius 2 is 2.16 bits per heavy atom. The number of H-pyrrole nitrogens is 1. The summed E-state index contributed by atoms with van der Waals surface area (Å²) in [5, 5.41) is 29.1. The second-order valence-electron chi connectivity index (χ2n) is 4.78. The number of hydrogen-bond donors (Lipinski definition) is 4. The molecule has 4 unspecified atom stereocenters. The molecule has 0 spiro atoms. The molecule has 19 heavy (non-hydrogen) atoms. The third-order valence-corrected chi connectivity index (χ3v) is 4.04. The van der Waals surface area contributed by atoms with Crippen LogP contribution in [-0.2, 0) is 0 Å². The zero-order valence-corrected chi connectivity index (χ0v) is 10.8. The van der Waals surface area contributed by atoms with Gasteiger partial charge in [-0.05, 0) is 6.42 Å². The van der Waals surface area contributed by atoms with Gasteiger partial charge in [-0.25, -0.2) is 9.97 Å². The normalized spacial score (nSPS) is 31.1. The lowest BCUT2D eigenvalue weighted by molar-refractivity contribution is -0.00370. The highest BCUT2D eigenvalue weighted by atomic mass is 32.1. The minimum atomic E-state index is -0.950. The second-order valence-corrected chi connectivity index (χ2v) is 5.19. The molecule has 4 N–H and O–H groups in total. The van der Waals surface area contributed by atoms with Gasteiger partial charge >= 0.3 is 0 Å². The first kappa shape index (κ1) is 12.7. The summed E-state index contributed by atoms with van der Waals surface area (Å²) in [6.45, 7) is -0.158. The van der Waals surface area contributed by atoms with Gasteiger partial charge in [-0.3, -0.25) is 0 Å². The van der Waals surface area contributed by atoms with E-state index in [2.05, 4.69) is 15.0 Å². The monoisotopic (exact) mass is 282 g/mol. The number of aliphatic hydroxyl groups is 3. The molecule has 4 atom stereocenters. The minimum absolute atomic E-state index is 0.158. The third kappa shape index (κ3) is 1.88. The lowest BCUT2D eigenvalue weighted by Gasteiger charge is -2.18. The maximum absolute atomic E-state index is 10.1. The van der Waals surface area contributed by atoms with Gasteiger partial charge in [0.25, 0.3) is 0 Å². The van der Waals surface area contributed by atoms with Crippen LogP contribution in [0, 0.1) is 10.6 Å². The van der Waals surface area contributed by atoms with E-state index >= 15 is 0 Å². The number of rotatable bonds is 2. The number of nitrogens with zero attached hydrogens (tertiary/aromatic N) is 3.